The van der Waals surface area contributed by atoms with Crippen molar-refractivity contribution in [3.8, 4) is 0 Å². The highest BCUT2D eigenvalue weighted by atomic mass is 19.4. The van der Waals surface area contributed by atoms with Crippen LogP contribution in [0.5, 0.6) is 0 Å². The number of carbonyl (C=O) groups excluding carboxylic acids is 1. The maximum Gasteiger partial charge on any atom is 0.419 e. The first-order valence-electron chi connectivity index (χ1n) is 13.3. The zero-order valence-electron chi connectivity index (χ0n) is 23.2. The second-order valence-electron chi connectivity index (χ2n) is 8.96. The van der Waals surface area contributed by atoms with E-state index in [0.717, 1.165) is 39.3 Å². The molecule has 2 amide bonds. The van der Waals surface area contributed by atoms with E-state index in [9.17, 15) is 26.7 Å². The molecule has 0 aliphatic carbocycles. The molecule has 0 radical (unpaired) electrons. The molecule has 1 aromatic heterocycles. The van der Waals surface area contributed by atoms with Crippen LogP contribution in [0.2, 0.25) is 0 Å². The van der Waals surface area contributed by atoms with Gasteiger partial charge in [-0.2, -0.15) is 13.2 Å². The summed E-state index contributed by atoms with van der Waals surface area (Å²) in [5, 5.41) is 0. The van der Waals surface area contributed by atoms with Crippen molar-refractivity contribution in [3.63, 3.8) is 0 Å². The average Bonchev–Trinajstić information content (AvgIpc) is 2.96. The molecule has 0 unspecified atom stereocenters. The third-order valence-corrected chi connectivity index (χ3v) is 6.40. The van der Waals surface area contributed by atoms with Crippen LogP contribution in [0.4, 0.5) is 32.6 Å². The van der Waals surface area contributed by atoms with Crippen LogP contribution < -0.4 is 4.90 Å². The van der Waals surface area contributed by atoms with Crippen molar-refractivity contribution in [3.05, 3.63) is 125 Å². The fourth-order valence-corrected chi connectivity index (χ4v) is 4.58. The summed E-state index contributed by atoms with van der Waals surface area (Å²) in [5.41, 5.74) is 2.25. The summed E-state index contributed by atoms with van der Waals surface area (Å²) in [6.07, 6.45) is 0.316. The van der Waals surface area contributed by atoms with E-state index in [1.807, 2.05) is 13.8 Å². The molecule has 0 spiro atoms. The summed E-state index contributed by atoms with van der Waals surface area (Å²) in [6, 6.07) is 13.3. The Kier molecular flexibility index (Phi) is 10.6. The molecule has 2 heterocycles. The van der Waals surface area contributed by atoms with Gasteiger partial charge in [-0.3, -0.25) is 0 Å². The lowest BCUT2D eigenvalue weighted by Crippen LogP contribution is -2.46. The van der Waals surface area contributed by atoms with Crippen molar-refractivity contribution in [2.24, 2.45) is 0 Å². The van der Waals surface area contributed by atoms with Crippen LogP contribution in [0.15, 0.2) is 96.9 Å². The fraction of sp³-hybridized carbons (Fsp3) is 0.250. The Labute approximate surface area is 237 Å². The molecule has 1 aliphatic rings. The smallest absolute Gasteiger partial charge is 0.323 e. The number of rotatable bonds is 5. The van der Waals surface area contributed by atoms with Gasteiger partial charge in [0, 0.05) is 25.0 Å². The van der Waals surface area contributed by atoms with Gasteiger partial charge >= 0.3 is 12.2 Å². The molecule has 0 bridgehead atoms. The molecule has 0 atom stereocenters. The number of amides is 2. The topological polar surface area (TPSA) is 36.4 Å². The number of likely N-dealkylation sites (tertiary alicyclic amines) is 1. The zero-order valence-corrected chi connectivity index (χ0v) is 23.2. The standard InChI is InChI=1S/C30H26F5N3O.C2H6/c1-3-5-20(2)38(28-26(30(33,34)35)6-4-17-36-28)29(39)37-18-15-23(16-19-37)27(21-7-11-24(31)12-8-21)22-9-13-25(32)14-10-22;1-2/h3-14,17H,2,15-16,18-19H2,1H3;1-2H3/b5-3-;. The molecule has 1 saturated heterocycles. The number of allylic oxidation sites excluding steroid dienone is 2. The van der Waals surface area contributed by atoms with Crippen molar-refractivity contribution < 1.29 is 26.7 Å². The summed E-state index contributed by atoms with van der Waals surface area (Å²) < 4.78 is 68.6. The lowest BCUT2D eigenvalue weighted by atomic mass is 9.88. The van der Waals surface area contributed by atoms with Gasteiger partial charge < -0.3 is 4.90 Å². The van der Waals surface area contributed by atoms with E-state index in [1.54, 1.807) is 37.3 Å². The number of nitrogens with zero attached hydrogens (tertiary/aromatic N) is 3. The second kappa shape index (κ2) is 13.9. The zero-order chi connectivity index (χ0) is 30.2. The molecule has 41 heavy (non-hydrogen) atoms. The van der Waals surface area contributed by atoms with Crippen molar-refractivity contribution in [2.45, 2.75) is 39.8 Å². The normalized spacial score (nSPS) is 13.5. The van der Waals surface area contributed by atoms with Gasteiger partial charge in [0.05, 0.1) is 5.56 Å². The second-order valence-corrected chi connectivity index (χ2v) is 8.96. The van der Waals surface area contributed by atoms with Gasteiger partial charge in [-0.05, 0) is 78.9 Å². The van der Waals surface area contributed by atoms with Crippen LogP contribution >= 0.6 is 0 Å². The number of urea groups is 1. The number of benzene rings is 2. The minimum Gasteiger partial charge on any atom is -0.323 e. The van der Waals surface area contributed by atoms with Gasteiger partial charge in [-0.15, -0.1) is 0 Å². The minimum atomic E-state index is -4.73. The molecule has 1 aliphatic heterocycles. The third kappa shape index (κ3) is 7.48. The number of halogens is 5. The minimum absolute atomic E-state index is 0.0475. The van der Waals surface area contributed by atoms with E-state index in [-0.39, 0.29) is 18.8 Å². The van der Waals surface area contributed by atoms with Gasteiger partial charge in [0.25, 0.3) is 0 Å². The molecule has 0 N–H and O–H groups in total. The average molecular weight is 570 g/mol. The quantitative estimate of drug-likeness (QED) is 0.227. The van der Waals surface area contributed by atoms with Gasteiger partial charge in [-0.1, -0.05) is 56.3 Å². The van der Waals surface area contributed by atoms with Crippen molar-refractivity contribution in [1.29, 1.82) is 0 Å². The van der Waals surface area contributed by atoms with Gasteiger partial charge in [0.1, 0.15) is 11.6 Å². The fourth-order valence-electron chi connectivity index (χ4n) is 4.58. The van der Waals surface area contributed by atoms with Crippen molar-refractivity contribution >= 4 is 17.4 Å². The maximum atomic E-state index is 13.8. The van der Waals surface area contributed by atoms with Crippen LogP contribution in [-0.4, -0.2) is 29.0 Å². The Balaban J connectivity index is 0.00000226. The summed E-state index contributed by atoms with van der Waals surface area (Å²) in [5.74, 6) is -1.33. The number of hydrogen-bond donors (Lipinski definition) is 0. The van der Waals surface area contributed by atoms with E-state index in [4.69, 9.17) is 0 Å². The van der Waals surface area contributed by atoms with Crippen LogP contribution in [0, 0.1) is 11.6 Å². The van der Waals surface area contributed by atoms with Crippen molar-refractivity contribution in [2.75, 3.05) is 18.0 Å². The maximum absolute atomic E-state index is 13.8. The summed E-state index contributed by atoms with van der Waals surface area (Å²) >= 11 is 0. The number of alkyl halides is 3. The molecule has 0 saturated carbocycles. The molecular formula is C32H32F5N3O. The van der Waals surface area contributed by atoms with Crippen LogP contribution in [-0.2, 0) is 6.18 Å². The first-order chi connectivity index (χ1) is 19.6. The first kappa shape index (κ1) is 31.3. The van der Waals surface area contributed by atoms with E-state index in [0.29, 0.717) is 12.8 Å². The molecule has 4 nitrogen and oxygen atoms in total. The Morgan fingerprint density at radius 3 is 1.90 bits per heavy atom. The number of pyridine rings is 1. The molecule has 1 fully saturated rings. The van der Waals surface area contributed by atoms with E-state index in [1.165, 1.54) is 41.4 Å². The van der Waals surface area contributed by atoms with Crippen molar-refractivity contribution in [1.82, 2.24) is 9.88 Å². The Hall–Kier alpha value is -4.27. The van der Waals surface area contributed by atoms with E-state index in [2.05, 4.69) is 11.6 Å². The summed E-state index contributed by atoms with van der Waals surface area (Å²) in [4.78, 5) is 19.9. The Morgan fingerprint density at radius 2 is 1.44 bits per heavy atom. The molecule has 3 aromatic rings. The molecule has 2 aromatic carbocycles. The number of hydrogen-bond acceptors (Lipinski definition) is 2. The number of carbonyl (C=O) groups is 1. The monoisotopic (exact) mass is 569 g/mol. The Bertz CT molecular complexity index is 1350. The largest absolute Gasteiger partial charge is 0.419 e. The molecule has 216 valence electrons. The van der Waals surface area contributed by atoms with Gasteiger partial charge in [0.2, 0.25) is 0 Å². The highest BCUT2D eigenvalue weighted by Crippen LogP contribution is 2.38. The highest BCUT2D eigenvalue weighted by molar-refractivity contribution is 5.96. The predicted molar refractivity (Wildman–Crippen MR) is 152 cm³/mol. The summed E-state index contributed by atoms with van der Waals surface area (Å²) in [6.45, 7) is 9.91. The van der Waals surface area contributed by atoms with Crippen LogP contribution in [0.1, 0.15) is 50.3 Å². The van der Waals surface area contributed by atoms with Gasteiger partial charge in [0.15, 0.2) is 5.82 Å². The lowest BCUT2D eigenvalue weighted by Gasteiger charge is -2.35. The predicted octanol–water partition coefficient (Wildman–Crippen LogP) is 9.02. The number of anilines is 1. The van der Waals surface area contributed by atoms with Crippen LogP contribution in [0.25, 0.3) is 5.57 Å². The highest BCUT2D eigenvalue weighted by Gasteiger charge is 2.38. The molecular weight excluding hydrogens is 537 g/mol. The number of aromatic nitrogens is 1. The molecule has 4 rings (SSSR count). The first-order valence-corrected chi connectivity index (χ1v) is 13.3. The molecule has 9 heteroatoms. The lowest BCUT2D eigenvalue weighted by molar-refractivity contribution is -0.137. The number of piperidine rings is 1. The Morgan fingerprint density at radius 1 is 0.927 bits per heavy atom. The van der Waals surface area contributed by atoms with E-state index < -0.39 is 35.2 Å². The van der Waals surface area contributed by atoms with E-state index >= 15 is 0 Å². The third-order valence-electron chi connectivity index (χ3n) is 6.40. The van der Waals surface area contributed by atoms with Gasteiger partial charge in [-0.25, -0.2) is 23.5 Å². The SMILES string of the molecule is C=C(/C=C\C)N(C(=O)N1CCC(=C(c2ccc(F)cc2)c2ccc(F)cc2)CC1)c1ncccc1C(F)(F)F.CC. The van der Waals surface area contributed by atoms with Crippen LogP contribution in [0.3, 0.4) is 0 Å². The summed E-state index contributed by atoms with van der Waals surface area (Å²) in [7, 11) is 0.